The molecule has 2 aromatic carbocycles. The number of allylic oxidation sites excluding steroid dienone is 1. The van der Waals surface area contributed by atoms with Crippen LogP contribution in [-0.4, -0.2) is 13.2 Å². The molecule has 0 amide bonds. The van der Waals surface area contributed by atoms with E-state index in [2.05, 4.69) is 13.0 Å². The minimum atomic E-state index is -1.29. The summed E-state index contributed by atoms with van der Waals surface area (Å²) in [7, 11) is 0. The van der Waals surface area contributed by atoms with Crippen molar-refractivity contribution in [2.45, 2.75) is 26.7 Å². The largest absolute Gasteiger partial charge is 0.491 e. The molecule has 0 aliphatic heterocycles. The van der Waals surface area contributed by atoms with Crippen molar-refractivity contribution in [1.82, 2.24) is 0 Å². The lowest BCUT2D eigenvalue weighted by Crippen LogP contribution is -2.15. The molecule has 2 aromatic rings. The van der Waals surface area contributed by atoms with Crippen molar-refractivity contribution in [3.8, 4) is 22.6 Å². The molecule has 0 saturated heterocycles. The van der Waals surface area contributed by atoms with Crippen LogP contribution in [0.4, 0.5) is 17.6 Å². The summed E-state index contributed by atoms with van der Waals surface area (Å²) in [6.45, 7) is 4.12. The van der Waals surface area contributed by atoms with Gasteiger partial charge < -0.3 is 9.47 Å². The van der Waals surface area contributed by atoms with Crippen LogP contribution in [0.5, 0.6) is 11.5 Å². The number of hydrogen-bond acceptors (Lipinski definition) is 2. The van der Waals surface area contributed by atoms with Crippen LogP contribution < -0.4 is 9.47 Å². The second-order valence-electron chi connectivity index (χ2n) is 6.92. The highest BCUT2D eigenvalue weighted by Gasteiger charge is 2.22. The first-order chi connectivity index (χ1) is 13.4. The highest BCUT2D eigenvalue weighted by molar-refractivity contribution is 5.67. The monoisotopic (exact) mass is 394 g/mol. The predicted molar refractivity (Wildman–Crippen MR) is 99.4 cm³/mol. The number of hydrogen-bond donors (Lipinski definition) is 0. The third-order valence-corrected chi connectivity index (χ3v) is 4.84. The highest BCUT2D eigenvalue weighted by Crippen LogP contribution is 2.35. The van der Waals surface area contributed by atoms with Gasteiger partial charge in [0.2, 0.25) is 11.6 Å². The summed E-state index contributed by atoms with van der Waals surface area (Å²) in [5.41, 5.74) is -0.760. The topological polar surface area (TPSA) is 18.5 Å². The van der Waals surface area contributed by atoms with Crippen molar-refractivity contribution in [2.75, 3.05) is 13.2 Å². The number of benzene rings is 2. The Morgan fingerprint density at radius 1 is 0.786 bits per heavy atom. The molecule has 1 aliphatic carbocycles. The SMILES string of the molecule is CCOc1ccc(-c2ccc(OCC3C=CC(C)CC3)c(F)c2F)c(F)c1F. The maximum absolute atomic E-state index is 14.5. The normalized spacial score (nSPS) is 18.9. The van der Waals surface area contributed by atoms with Gasteiger partial charge in [-0.15, -0.1) is 0 Å². The van der Waals surface area contributed by atoms with Crippen molar-refractivity contribution in [3.05, 3.63) is 59.7 Å². The minimum absolute atomic E-state index is 0.135. The third-order valence-electron chi connectivity index (χ3n) is 4.84. The summed E-state index contributed by atoms with van der Waals surface area (Å²) in [5.74, 6) is -4.92. The van der Waals surface area contributed by atoms with Gasteiger partial charge in [-0.1, -0.05) is 19.1 Å². The summed E-state index contributed by atoms with van der Waals surface area (Å²) < 4.78 is 67.8. The van der Waals surface area contributed by atoms with E-state index in [4.69, 9.17) is 9.47 Å². The van der Waals surface area contributed by atoms with Crippen molar-refractivity contribution in [2.24, 2.45) is 11.8 Å². The van der Waals surface area contributed by atoms with Gasteiger partial charge in [-0.05, 0) is 49.9 Å². The highest BCUT2D eigenvalue weighted by atomic mass is 19.2. The molecule has 0 N–H and O–H groups in total. The smallest absolute Gasteiger partial charge is 0.201 e. The van der Waals surface area contributed by atoms with E-state index in [0.29, 0.717) is 5.92 Å². The van der Waals surface area contributed by atoms with Crippen molar-refractivity contribution in [3.63, 3.8) is 0 Å². The average Bonchev–Trinajstić information content (AvgIpc) is 2.69. The molecule has 150 valence electrons. The zero-order valence-electron chi connectivity index (χ0n) is 15.8. The van der Waals surface area contributed by atoms with Crippen molar-refractivity contribution >= 4 is 0 Å². The fourth-order valence-corrected chi connectivity index (χ4v) is 3.21. The molecular weight excluding hydrogens is 372 g/mol. The Labute approximate surface area is 161 Å². The zero-order valence-corrected chi connectivity index (χ0v) is 15.8. The summed E-state index contributed by atoms with van der Waals surface area (Å²) >= 11 is 0. The first kappa shape index (κ1) is 20.2. The molecule has 6 heteroatoms. The summed E-state index contributed by atoms with van der Waals surface area (Å²) in [6, 6.07) is 4.77. The van der Waals surface area contributed by atoms with Gasteiger partial charge in [0.25, 0.3) is 0 Å². The molecule has 0 radical (unpaired) electrons. The predicted octanol–water partition coefficient (Wildman–Crippen LogP) is 6.29. The van der Waals surface area contributed by atoms with Crippen LogP contribution in [0, 0.1) is 35.1 Å². The van der Waals surface area contributed by atoms with Gasteiger partial charge in [0.1, 0.15) is 0 Å². The molecule has 2 atom stereocenters. The number of ether oxygens (including phenoxy) is 2. The van der Waals surface area contributed by atoms with Gasteiger partial charge in [0, 0.05) is 17.0 Å². The van der Waals surface area contributed by atoms with E-state index in [1.165, 1.54) is 18.2 Å². The van der Waals surface area contributed by atoms with Crippen LogP contribution in [0.3, 0.4) is 0 Å². The molecule has 0 bridgehead atoms. The van der Waals surface area contributed by atoms with E-state index in [-0.39, 0.29) is 41.8 Å². The Balaban J connectivity index is 1.82. The first-order valence-electron chi connectivity index (χ1n) is 9.32. The quantitative estimate of drug-likeness (QED) is 0.423. The van der Waals surface area contributed by atoms with E-state index in [1.54, 1.807) is 6.92 Å². The first-order valence-corrected chi connectivity index (χ1v) is 9.32. The molecule has 0 aromatic heterocycles. The summed E-state index contributed by atoms with van der Waals surface area (Å²) in [4.78, 5) is 0. The molecule has 1 aliphatic rings. The fraction of sp³-hybridized carbons (Fsp3) is 0.364. The van der Waals surface area contributed by atoms with Crippen LogP contribution in [0.1, 0.15) is 26.7 Å². The Hall–Kier alpha value is -2.50. The summed E-state index contributed by atoms with van der Waals surface area (Å²) in [6.07, 6.45) is 6.04. The molecule has 3 rings (SSSR count). The lowest BCUT2D eigenvalue weighted by Gasteiger charge is -2.20. The second kappa shape index (κ2) is 8.67. The second-order valence-corrected chi connectivity index (χ2v) is 6.92. The van der Waals surface area contributed by atoms with E-state index in [9.17, 15) is 17.6 Å². The lowest BCUT2D eigenvalue weighted by atomic mass is 9.90. The Morgan fingerprint density at radius 2 is 1.36 bits per heavy atom. The summed E-state index contributed by atoms with van der Waals surface area (Å²) in [5, 5.41) is 0. The van der Waals surface area contributed by atoms with Crippen LogP contribution >= 0.6 is 0 Å². The molecular formula is C22H22F4O2. The van der Waals surface area contributed by atoms with Gasteiger partial charge >= 0.3 is 0 Å². The van der Waals surface area contributed by atoms with Gasteiger partial charge in [0.05, 0.1) is 13.2 Å². The number of halogens is 4. The average molecular weight is 394 g/mol. The van der Waals surface area contributed by atoms with E-state index in [0.717, 1.165) is 18.9 Å². The zero-order chi connectivity index (χ0) is 20.3. The molecule has 0 saturated carbocycles. The molecule has 2 nitrogen and oxygen atoms in total. The fourth-order valence-electron chi connectivity index (χ4n) is 3.21. The standard InChI is InChI=1S/C22H22F4O2/c1-3-27-17-10-8-15(19(23)21(17)25)16-9-11-18(22(26)20(16)24)28-12-14-6-4-13(2)5-7-14/h4,6,8-11,13-14H,3,5,7,12H2,1-2H3. The maximum atomic E-state index is 14.5. The molecule has 0 fully saturated rings. The maximum Gasteiger partial charge on any atom is 0.201 e. The van der Waals surface area contributed by atoms with Gasteiger partial charge in [0.15, 0.2) is 23.1 Å². The Morgan fingerprint density at radius 3 is 1.86 bits per heavy atom. The van der Waals surface area contributed by atoms with Gasteiger partial charge in [-0.2, -0.15) is 8.78 Å². The van der Waals surface area contributed by atoms with Crippen LogP contribution in [0.15, 0.2) is 36.4 Å². The third kappa shape index (κ3) is 4.16. The van der Waals surface area contributed by atoms with Crippen molar-refractivity contribution < 1.29 is 27.0 Å². The van der Waals surface area contributed by atoms with Gasteiger partial charge in [-0.3, -0.25) is 0 Å². The van der Waals surface area contributed by atoms with E-state index < -0.39 is 23.3 Å². The Kier molecular flexibility index (Phi) is 6.27. The molecule has 2 unspecified atom stereocenters. The van der Waals surface area contributed by atoms with Gasteiger partial charge in [-0.25, -0.2) is 8.78 Å². The van der Waals surface area contributed by atoms with Crippen LogP contribution in [-0.2, 0) is 0 Å². The lowest BCUT2D eigenvalue weighted by molar-refractivity contribution is 0.244. The Bertz CT molecular complexity index is 879. The molecule has 0 heterocycles. The number of rotatable bonds is 6. The van der Waals surface area contributed by atoms with Crippen LogP contribution in [0.25, 0.3) is 11.1 Å². The molecule has 28 heavy (non-hydrogen) atoms. The van der Waals surface area contributed by atoms with Crippen LogP contribution in [0.2, 0.25) is 0 Å². The molecule has 0 spiro atoms. The van der Waals surface area contributed by atoms with Crippen molar-refractivity contribution in [1.29, 1.82) is 0 Å². The van der Waals surface area contributed by atoms with E-state index >= 15 is 0 Å². The van der Waals surface area contributed by atoms with E-state index in [1.807, 2.05) is 6.08 Å². The minimum Gasteiger partial charge on any atom is -0.491 e.